The highest BCUT2D eigenvalue weighted by atomic mass is 16.3. The molecule has 0 aliphatic rings. The Morgan fingerprint density at radius 3 is 2.76 bits per heavy atom. The Bertz CT molecular complexity index is 1470. The summed E-state index contributed by atoms with van der Waals surface area (Å²) in [5.74, 6) is -0.119. The zero-order chi connectivity index (χ0) is 21.9. The highest BCUT2D eigenvalue weighted by molar-refractivity contribution is 6.18. The minimum Gasteiger partial charge on any atom is -0.438 e. The lowest BCUT2D eigenvalue weighted by Gasteiger charge is -2.09. The fraction of sp³-hybridized carbons (Fsp3) is 0.231. The summed E-state index contributed by atoms with van der Waals surface area (Å²) in [5, 5.41) is 4.25. The van der Waals surface area contributed by atoms with Crippen LogP contribution < -0.4 is 4.57 Å². The van der Waals surface area contributed by atoms with Crippen LogP contribution in [0.2, 0.25) is 0 Å². The highest BCUT2D eigenvalue weighted by Gasteiger charge is 2.19. The Hall–Kier alpha value is -3.20. The summed E-state index contributed by atoms with van der Waals surface area (Å²) >= 11 is 0. The van der Waals surface area contributed by atoms with E-state index >= 15 is 0 Å². The molecule has 0 unspecified atom stereocenters. The van der Waals surface area contributed by atoms with E-state index in [1.54, 1.807) is 0 Å². The van der Waals surface area contributed by atoms with E-state index < -0.39 is 6.37 Å². The third-order valence-corrected chi connectivity index (χ3v) is 5.45. The van der Waals surface area contributed by atoms with E-state index in [1.807, 2.05) is 62.1 Å². The van der Waals surface area contributed by atoms with Gasteiger partial charge in [-0.25, -0.2) is 9.55 Å². The molecule has 3 heteroatoms. The molecule has 0 radical (unpaired) electrons. The summed E-state index contributed by atoms with van der Waals surface area (Å²) in [6, 6.07) is 16.3. The third-order valence-electron chi connectivity index (χ3n) is 5.45. The second-order valence-corrected chi connectivity index (χ2v) is 8.00. The maximum absolute atomic E-state index is 8.54. The van der Waals surface area contributed by atoms with Crippen LogP contribution in [0.25, 0.3) is 44.1 Å². The van der Waals surface area contributed by atoms with E-state index in [0.717, 1.165) is 43.9 Å². The van der Waals surface area contributed by atoms with Crippen LogP contribution in [0.15, 0.2) is 65.3 Å². The zero-order valence-corrected chi connectivity index (χ0v) is 17.2. The lowest BCUT2D eigenvalue weighted by Crippen LogP contribution is -2.30. The van der Waals surface area contributed by atoms with Gasteiger partial charge in [0, 0.05) is 37.4 Å². The molecular weight excluding hydrogens is 356 g/mol. The van der Waals surface area contributed by atoms with Crippen molar-refractivity contribution >= 4 is 32.8 Å². The number of benzene rings is 2. The monoisotopic (exact) mass is 383 g/mol. The minimum absolute atomic E-state index is 0.119. The average molecular weight is 384 g/mol. The lowest BCUT2D eigenvalue weighted by molar-refractivity contribution is -0.660. The first-order valence-corrected chi connectivity index (χ1v) is 9.98. The van der Waals surface area contributed by atoms with Crippen LogP contribution in [-0.2, 0) is 13.4 Å². The van der Waals surface area contributed by atoms with Gasteiger partial charge in [0.25, 0.3) is 0 Å². The molecule has 29 heavy (non-hydrogen) atoms. The second kappa shape index (κ2) is 6.70. The molecule has 5 rings (SSSR count). The number of aromatic nitrogens is 2. The molecule has 0 bridgehead atoms. The van der Waals surface area contributed by atoms with Gasteiger partial charge in [0.1, 0.15) is 12.6 Å². The molecule has 3 aromatic heterocycles. The predicted octanol–water partition coefficient (Wildman–Crippen LogP) is 6.13. The Balaban J connectivity index is 1.81. The molecule has 0 aliphatic carbocycles. The van der Waals surface area contributed by atoms with Crippen LogP contribution in [0, 0.1) is 12.8 Å². The van der Waals surface area contributed by atoms with Gasteiger partial charge in [-0.3, -0.25) is 0 Å². The van der Waals surface area contributed by atoms with Crippen molar-refractivity contribution in [3.63, 3.8) is 0 Å². The minimum atomic E-state index is -1.40. The standard InChI is InChI=1S/C26H25N2O/c1-16(2)11-18-9-10-28(4)23(13-18)21-14-22-24(12-17(21)3)29-26-25(22)20-8-6-5-7-19(20)15-27-26/h5-10,12-16H,11H2,1-4H3/q+1/i11D2. The smallest absolute Gasteiger partial charge is 0.227 e. The predicted molar refractivity (Wildman–Crippen MR) is 119 cm³/mol. The van der Waals surface area contributed by atoms with Gasteiger partial charge in [0.2, 0.25) is 11.4 Å². The van der Waals surface area contributed by atoms with E-state index in [2.05, 4.69) is 36.2 Å². The van der Waals surface area contributed by atoms with Crippen molar-refractivity contribution in [3.8, 4) is 11.3 Å². The van der Waals surface area contributed by atoms with Gasteiger partial charge < -0.3 is 4.42 Å². The van der Waals surface area contributed by atoms with Crippen LogP contribution in [0.5, 0.6) is 0 Å². The first-order valence-electron chi connectivity index (χ1n) is 11.0. The largest absolute Gasteiger partial charge is 0.438 e. The van der Waals surface area contributed by atoms with Gasteiger partial charge in [0.05, 0.1) is 5.39 Å². The van der Waals surface area contributed by atoms with Crippen LogP contribution in [0.1, 0.15) is 27.7 Å². The molecule has 0 spiro atoms. The Kier molecular flexibility index (Phi) is 3.62. The molecule has 0 amide bonds. The van der Waals surface area contributed by atoms with Gasteiger partial charge in [-0.05, 0) is 47.9 Å². The van der Waals surface area contributed by atoms with E-state index in [4.69, 9.17) is 7.16 Å². The van der Waals surface area contributed by atoms with Gasteiger partial charge in [-0.2, -0.15) is 0 Å². The van der Waals surface area contributed by atoms with Crippen molar-refractivity contribution in [2.24, 2.45) is 13.0 Å². The number of rotatable bonds is 3. The molecule has 0 saturated carbocycles. The Morgan fingerprint density at radius 1 is 1.10 bits per heavy atom. The van der Waals surface area contributed by atoms with E-state index in [9.17, 15) is 0 Å². The first kappa shape index (κ1) is 15.7. The number of fused-ring (bicyclic) bond motifs is 5. The highest BCUT2D eigenvalue weighted by Crippen LogP contribution is 2.36. The number of hydrogen-bond acceptors (Lipinski definition) is 2. The van der Waals surface area contributed by atoms with E-state index in [-0.39, 0.29) is 5.92 Å². The molecule has 0 aliphatic heterocycles. The molecule has 3 nitrogen and oxygen atoms in total. The van der Waals surface area contributed by atoms with Gasteiger partial charge in [-0.1, -0.05) is 38.1 Å². The van der Waals surface area contributed by atoms with Gasteiger partial charge >= 0.3 is 0 Å². The number of aryl methyl sites for hydroxylation is 2. The van der Waals surface area contributed by atoms with Crippen LogP contribution >= 0.6 is 0 Å². The zero-order valence-electron chi connectivity index (χ0n) is 19.2. The number of pyridine rings is 2. The molecule has 0 fully saturated rings. The molecule has 0 N–H and O–H groups in total. The van der Waals surface area contributed by atoms with Crippen molar-refractivity contribution in [2.45, 2.75) is 27.1 Å². The summed E-state index contributed by atoms with van der Waals surface area (Å²) in [7, 11) is 2.00. The molecule has 2 aromatic carbocycles. The van der Waals surface area contributed by atoms with Crippen molar-refractivity contribution in [2.75, 3.05) is 0 Å². The van der Waals surface area contributed by atoms with Crippen LogP contribution in [-0.4, -0.2) is 4.98 Å². The number of nitrogens with zero attached hydrogens (tertiary/aromatic N) is 2. The first-order chi connectivity index (χ1) is 14.8. The summed E-state index contributed by atoms with van der Waals surface area (Å²) in [6.45, 7) is 5.90. The lowest BCUT2D eigenvalue weighted by atomic mass is 9.97. The summed E-state index contributed by atoms with van der Waals surface area (Å²) < 4.78 is 25.2. The third kappa shape index (κ3) is 2.98. The van der Waals surface area contributed by atoms with Crippen molar-refractivity contribution < 1.29 is 11.7 Å². The topological polar surface area (TPSA) is 29.9 Å². The van der Waals surface area contributed by atoms with Crippen molar-refractivity contribution in [1.29, 1.82) is 0 Å². The number of furan rings is 1. The maximum Gasteiger partial charge on any atom is 0.227 e. The van der Waals surface area contributed by atoms with Crippen molar-refractivity contribution in [3.05, 3.63) is 72.1 Å². The molecule has 0 atom stereocenters. The second-order valence-electron chi connectivity index (χ2n) is 8.00. The summed E-state index contributed by atoms with van der Waals surface area (Å²) in [6.07, 6.45) is 2.40. The fourth-order valence-corrected chi connectivity index (χ4v) is 4.08. The molecule has 3 heterocycles. The quantitative estimate of drug-likeness (QED) is 0.351. The summed E-state index contributed by atoms with van der Waals surface area (Å²) in [5.41, 5.74) is 5.26. The molecule has 5 aromatic rings. The van der Waals surface area contributed by atoms with Crippen molar-refractivity contribution in [1.82, 2.24) is 4.98 Å². The van der Waals surface area contributed by atoms with Crippen LogP contribution in [0.4, 0.5) is 0 Å². The van der Waals surface area contributed by atoms with Crippen LogP contribution in [0.3, 0.4) is 0 Å². The maximum atomic E-state index is 8.54. The SMILES string of the molecule is [2H]C([2H])(c1cc[n+](C)c(-c2cc3c(cc2C)oc2ncc4ccccc4c23)c1)C(C)C. The molecule has 0 saturated heterocycles. The molecular formula is C26H25N2O+. The van der Waals surface area contributed by atoms with E-state index in [0.29, 0.717) is 11.3 Å². The van der Waals surface area contributed by atoms with Gasteiger partial charge in [0.15, 0.2) is 6.20 Å². The fourth-order valence-electron chi connectivity index (χ4n) is 4.08. The van der Waals surface area contributed by atoms with E-state index in [1.165, 1.54) is 0 Å². The Morgan fingerprint density at radius 2 is 1.93 bits per heavy atom. The summed E-state index contributed by atoms with van der Waals surface area (Å²) in [4.78, 5) is 4.54. The Labute approximate surface area is 173 Å². The molecule has 144 valence electrons. The van der Waals surface area contributed by atoms with Gasteiger partial charge in [-0.15, -0.1) is 0 Å². The average Bonchev–Trinajstić information content (AvgIpc) is 3.11. The normalized spacial score (nSPS) is 13.4. The number of hydrogen-bond donors (Lipinski definition) is 0.